The van der Waals surface area contributed by atoms with Crippen LogP contribution in [0, 0.1) is 17.3 Å². The van der Waals surface area contributed by atoms with Crippen LogP contribution in [0.4, 0.5) is 4.79 Å². The van der Waals surface area contributed by atoms with Gasteiger partial charge in [-0.05, 0) is 30.1 Å². The maximum absolute atomic E-state index is 11.0. The molecule has 15 heavy (non-hydrogen) atoms. The number of carboxylic acid groups (broad SMARTS) is 1. The van der Waals surface area contributed by atoms with Crippen molar-refractivity contribution in [2.24, 2.45) is 17.3 Å². The molecule has 3 fully saturated rings. The summed E-state index contributed by atoms with van der Waals surface area (Å²) in [5.74, 6) is 1.01. The predicted molar refractivity (Wildman–Crippen MR) is 53.5 cm³/mol. The summed E-state index contributed by atoms with van der Waals surface area (Å²) in [5.41, 5.74) is 0.430. The van der Waals surface area contributed by atoms with Gasteiger partial charge >= 0.3 is 6.09 Å². The Bertz CT molecular complexity index is 298. The van der Waals surface area contributed by atoms with Crippen molar-refractivity contribution in [3.8, 4) is 0 Å². The van der Waals surface area contributed by atoms with E-state index in [4.69, 9.17) is 5.11 Å². The van der Waals surface area contributed by atoms with Crippen LogP contribution in [0.25, 0.3) is 0 Å². The van der Waals surface area contributed by atoms with Crippen LogP contribution in [0.15, 0.2) is 0 Å². The first-order valence-corrected chi connectivity index (χ1v) is 5.81. The van der Waals surface area contributed by atoms with Crippen molar-refractivity contribution < 1.29 is 15.0 Å². The summed E-state index contributed by atoms with van der Waals surface area (Å²) in [4.78, 5) is 12.4. The van der Waals surface area contributed by atoms with Crippen LogP contribution in [0.1, 0.15) is 25.7 Å². The summed E-state index contributed by atoms with van der Waals surface area (Å²) in [6.07, 6.45) is 4.23. The van der Waals surface area contributed by atoms with Gasteiger partial charge in [0.1, 0.15) is 0 Å². The zero-order chi connectivity index (χ0) is 10.6. The molecule has 2 N–H and O–H groups in total. The van der Waals surface area contributed by atoms with Gasteiger partial charge in [-0.1, -0.05) is 12.8 Å². The van der Waals surface area contributed by atoms with E-state index in [9.17, 15) is 9.90 Å². The zero-order valence-corrected chi connectivity index (χ0v) is 8.72. The summed E-state index contributed by atoms with van der Waals surface area (Å²) >= 11 is 0. The van der Waals surface area contributed by atoms with Gasteiger partial charge in [0.2, 0.25) is 0 Å². The van der Waals surface area contributed by atoms with E-state index in [-0.39, 0.29) is 12.6 Å². The number of nitrogens with zero attached hydrogens (tertiary/aromatic N) is 1. The lowest BCUT2D eigenvalue weighted by molar-refractivity contribution is 0.0910. The minimum absolute atomic E-state index is 0.00475. The predicted octanol–water partition coefficient (Wildman–Crippen LogP) is 1.15. The molecule has 0 aromatic carbocycles. The van der Waals surface area contributed by atoms with Crippen molar-refractivity contribution in [3.63, 3.8) is 0 Å². The smallest absolute Gasteiger partial charge is 0.407 e. The molecule has 4 nitrogen and oxygen atoms in total. The second-order valence-electron chi connectivity index (χ2n) is 5.26. The number of fused-ring (bicyclic) bond motifs is 3. The Morgan fingerprint density at radius 3 is 2.60 bits per heavy atom. The van der Waals surface area contributed by atoms with E-state index in [1.54, 1.807) is 0 Å². The van der Waals surface area contributed by atoms with Crippen LogP contribution in [0.5, 0.6) is 0 Å². The number of rotatable bonds is 1. The van der Waals surface area contributed by atoms with Crippen molar-refractivity contribution in [1.82, 2.24) is 4.90 Å². The minimum atomic E-state index is -0.866. The molecule has 84 valence electrons. The number of amides is 1. The molecule has 1 saturated heterocycles. The lowest BCUT2D eigenvalue weighted by atomic mass is 9.95. The first kappa shape index (κ1) is 9.46. The second kappa shape index (κ2) is 2.88. The number of likely N-dealkylation sites (tertiary alicyclic amines) is 1. The number of carbonyl (C=O) groups is 1. The Balaban J connectivity index is 1.79. The monoisotopic (exact) mass is 211 g/mol. The number of hydrogen-bond acceptors (Lipinski definition) is 2. The van der Waals surface area contributed by atoms with E-state index in [1.807, 2.05) is 0 Å². The molecule has 3 rings (SSSR count). The van der Waals surface area contributed by atoms with Crippen molar-refractivity contribution in [1.29, 1.82) is 0 Å². The largest absolute Gasteiger partial charge is 0.465 e. The molecule has 0 bridgehead atoms. The van der Waals surface area contributed by atoms with E-state index in [1.165, 1.54) is 30.6 Å². The van der Waals surface area contributed by atoms with Crippen molar-refractivity contribution in [3.05, 3.63) is 0 Å². The second-order valence-corrected chi connectivity index (χ2v) is 5.26. The quantitative estimate of drug-likeness (QED) is 0.684. The molecule has 1 heterocycles. The molecule has 0 aromatic rings. The highest BCUT2D eigenvalue weighted by Gasteiger charge is 2.72. The first-order valence-electron chi connectivity index (χ1n) is 5.81. The highest BCUT2D eigenvalue weighted by molar-refractivity contribution is 5.66. The van der Waals surface area contributed by atoms with Gasteiger partial charge in [-0.25, -0.2) is 4.79 Å². The number of aliphatic hydroxyl groups is 1. The van der Waals surface area contributed by atoms with Crippen molar-refractivity contribution in [2.45, 2.75) is 31.7 Å². The number of aliphatic hydroxyl groups excluding tert-OH is 1. The normalized spacial score (nSPS) is 40.9. The van der Waals surface area contributed by atoms with Gasteiger partial charge in [0.05, 0.1) is 12.6 Å². The summed E-state index contributed by atoms with van der Waals surface area (Å²) in [7, 11) is 0. The Labute approximate surface area is 88.9 Å². The zero-order valence-electron chi connectivity index (χ0n) is 8.72. The van der Waals surface area contributed by atoms with Gasteiger partial charge in [0.15, 0.2) is 0 Å². The Morgan fingerprint density at radius 1 is 1.40 bits per heavy atom. The average molecular weight is 211 g/mol. The molecule has 4 heteroatoms. The highest BCUT2D eigenvalue weighted by atomic mass is 16.4. The van der Waals surface area contributed by atoms with E-state index in [0.717, 1.165) is 0 Å². The first-order chi connectivity index (χ1) is 7.20. The van der Waals surface area contributed by atoms with Crippen molar-refractivity contribution in [2.75, 3.05) is 13.2 Å². The lowest BCUT2D eigenvalue weighted by Gasteiger charge is -2.28. The molecule has 1 amide bonds. The maximum atomic E-state index is 11.0. The van der Waals surface area contributed by atoms with Crippen LogP contribution >= 0.6 is 0 Å². The topological polar surface area (TPSA) is 60.8 Å². The standard InChI is InChI=1S/C11H17NO3/c13-6-8-9-7(5-12(8)10(14)15)11(9)3-1-2-4-11/h7-9,13H,1-6H2,(H,14,15)/t7-,8+,9-/m0/s1. The fourth-order valence-corrected chi connectivity index (χ4v) is 4.27. The Morgan fingerprint density at radius 2 is 2.07 bits per heavy atom. The van der Waals surface area contributed by atoms with E-state index in [0.29, 0.717) is 23.8 Å². The molecule has 3 aliphatic rings. The SMILES string of the molecule is O=C(O)N1C[C@H]2[C@@H]([C@H]1CO)C21CCCC1. The van der Waals surface area contributed by atoms with Gasteiger partial charge < -0.3 is 15.1 Å². The van der Waals surface area contributed by atoms with Crippen LogP contribution < -0.4 is 0 Å². The summed E-state index contributed by atoms with van der Waals surface area (Å²) < 4.78 is 0. The Hall–Kier alpha value is -0.770. The lowest BCUT2D eigenvalue weighted by Crippen LogP contribution is -2.42. The fourth-order valence-electron chi connectivity index (χ4n) is 4.27. The Kier molecular flexibility index (Phi) is 1.81. The van der Waals surface area contributed by atoms with Crippen LogP contribution in [0.2, 0.25) is 0 Å². The third kappa shape index (κ3) is 1.03. The third-order valence-electron chi connectivity index (χ3n) is 4.90. The van der Waals surface area contributed by atoms with Gasteiger partial charge in [-0.3, -0.25) is 0 Å². The maximum Gasteiger partial charge on any atom is 0.407 e. The van der Waals surface area contributed by atoms with Crippen LogP contribution in [-0.2, 0) is 0 Å². The van der Waals surface area contributed by atoms with Crippen molar-refractivity contribution >= 4 is 6.09 Å². The fraction of sp³-hybridized carbons (Fsp3) is 0.909. The molecule has 2 aliphatic carbocycles. The molecule has 0 aromatic heterocycles. The van der Waals surface area contributed by atoms with Gasteiger partial charge in [0, 0.05) is 6.54 Å². The summed E-state index contributed by atoms with van der Waals surface area (Å²) in [6.45, 7) is 0.653. The molecule has 0 radical (unpaired) electrons. The molecule has 0 unspecified atom stereocenters. The molecule has 1 aliphatic heterocycles. The van der Waals surface area contributed by atoms with Gasteiger partial charge in [-0.2, -0.15) is 0 Å². The van der Waals surface area contributed by atoms with Crippen LogP contribution in [0.3, 0.4) is 0 Å². The van der Waals surface area contributed by atoms with E-state index in [2.05, 4.69) is 0 Å². The average Bonchev–Trinajstić information content (AvgIpc) is 2.59. The summed E-state index contributed by atoms with van der Waals surface area (Å²) in [6, 6.07) is -0.120. The van der Waals surface area contributed by atoms with Crippen LogP contribution in [-0.4, -0.2) is 40.4 Å². The number of piperidine rings is 1. The van der Waals surface area contributed by atoms with Gasteiger partial charge in [0.25, 0.3) is 0 Å². The van der Waals surface area contributed by atoms with E-state index < -0.39 is 6.09 Å². The molecule has 1 spiro atoms. The van der Waals surface area contributed by atoms with E-state index >= 15 is 0 Å². The third-order valence-corrected chi connectivity index (χ3v) is 4.90. The molecular weight excluding hydrogens is 194 g/mol. The summed E-state index contributed by atoms with van der Waals surface area (Å²) in [5, 5.41) is 18.3. The minimum Gasteiger partial charge on any atom is -0.465 e. The highest BCUT2D eigenvalue weighted by Crippen LogP contribution is 2.72. The molecule has 2 saturated carbocycles. The van der Waals surface area contributed by atoms with Gasteiger partial charge in [-0.15, -0.1) is 0 Å². The molecule has 3 atom stereocenters. The number of hydrogen-bond donors (Lipinski definition) is 2. The molecular formula is C11H17NO3.